The van der Waals surface area contributed by atoms with E-state index >= 15 is 0 Å². The Bertz CT molecular complexity index is 501. The maximum absolute atomic E-state index is 13.0. The summed E-state index contributed by atoms with van der Waals surface area (Å²) in [5.74, 6) is -0.872. The van der Waals surface area contributed by atoms with Crippen LogP contribution in [0, 0.1) is 5.82 Å². The second-order valence-corrected chi connectivity index (χ2v) is 5.04. The molecule has 5 heteroatoms. The van der Waals surface area contributed by atoms with Crippen LogP contribution in [-0.2, 0) is 6.18 Å². The Kier molecular flexibility index (Phi) is 4.48. The van der Waals surface area contributed by atoms with E-state index < -0.39 is 17.6 Å². The maximum atomic E-state index is 13.0. The lowest BCUT2D eigenvalue weighted by atomic mass is 10.0. The van der Waals surface area contributed by atoms with Crippen LogP contribution in [0.15, 0.2) is 23.8 Å². The first-order chi connectivity index (χ1) is 9.40. The molecule has 0 atom stereocenters. The van der Waals surface area contributed by atoms with Gasteiger partial charge >= 0.3 is 6.18 Å². The predicted molar refractivity (Wildman–Crippen MR) is 70.7 cm³/mol. The molecule has 110 valence electrons. The van der Waals surface area contributed by atoms with Gasteiger partial charge in [-0.25, -0.2) is 4.39 Å². The van der Waals surface area contributed by atoms with Crippen molar-refractivity contribution in [2.24, 2.45) is 0 Å². The molecule has 0 unspecified atom stereocenters. The summed E-state index contributed by atoms with van der Waals surface area (Å²) >= 11 is 0. The van der Waals surface area contributed by atoms with E-state index in [-0.39, 0.29) is 5.56 Å². The molecule has 1 aliphatic carbocycles. The topological polar surface area (TPSA) is 12.0 Å². The zero-order valence-corrected chi connectivity index (χ0v) is 11.2. The van der Waals surface area contributed by atoms with Crippen molar-refractivity contribution in [1.82, 2.24) is 5.32 Å². The van der Waals surface area contributed by atoms with Gasteiger partial charge in [0.05, 0.1) is 5.56 Å². The summed E-state index contributed by atoms with van der Waals surface area (Å²) in [5.41, 5.74) is -0.0165. The molecule has 0 aliphatic heterocycles. The van der Waals surface area contributed by atoms with E-state index in [1.54, 1.807) is 0 Å². The van der Waals surface area contributed by atoms with Gasteiger partial charge in [-0.15, -0.1) is 0 Å². The highest BCUT2D eigenvalue weighted by atomic mass is 19.4. The predicted octanol–water partition coefficient (Wildman–Crippen LogP) is 4.39. The van der Waals surface area contributed by atoms with Crippen molar-refractivity contribution >= 4 is 6.08 Å². The lowest BCUT2D eigenvalue weighted by molar-refractivity contribution is -0.137. The highest BCUT2D eigenvalue weighted by Gasteiger charge is 2.33. The molecule has 0 saturated heterocycles. The molecule has 1 fully saturated rings. The molecule has 1 aliphatic rings. The van der Waals surface area contributed by atoms with Crippen LogP contribution in [0.25, 0.3) is 6.08 Å². The molecule has 0 spiro atoms. The van der Waals surface area contributed by atoms with Gasteiger partial charge in [-0.2, -0.15) is 13.2 Å². The minimum Gasteiger partial charge on any atom is -0.310 e. The van der Waals surface area contributed by atoms with Crippen LogP contribution in [0.3, 0.4) is 0 Å². The van der Waals surface area contributed by atoms with E-state index in [1.165, 1.54) is 12.1 Å². The van der Waals surface area contributed by atoms with Crippen LogP contribution < -0.4 is 5.32 Å². The Labute approximate surface area is 115 Å². The lowest BCUT2D eigenvalue weighted by Crippen LogP contribution is -2.19. The van der Waals surface area contributed by atoms with E-state index in [0.29, 0.717) is 25.1 Å². The summed E-state index contributed by atoms with van der Waals surface area (Å²) in [5, 5.41) is 3.27. The Hall–Kier alpha value is -1.36. The number of hydrogen-bond acceptors (Lipinski definition) is 1. The molecule has 0 bridgehead atoms. The molecular formula is C15H17F4N. The Balaban J connectivity index is 2.25. The first-order valence-electron chi connectivity index (χ1n) is 6.69. The fraction of sp³-hybridized carbons (Fsp3) is 0.467. The summed E-state index contributed by atoms with van der Waals surface area (Å²) in [6.45, 7) is 2.48. The van der Waals surface area contributed by atoms with Crippen molar-refractivity contribution in [1.29, 1.82) is 0 Å². The first-order valence-corrected chi connectivity index (χ1v) is 6.69. The molecule has 2 rings (SSSR count). The second-order valence-electron chi connectivity index (χ2n) is 5.04. The second kappa shape index (κ2) is 5.95. The molecule has 0 heterocycles. The van der Waals surface area contributed by atoms with E-state index in [2.05, 4.69) is 5.32 Å². The van der Waals surface area contributed by atoms with Crippen molar-refractivity contribution < 1.29 is 17.6 Å². The number of alkyl halides is 3. The summed E-state index contributed by atoms with van der Waals surface area (Å²) in [7, 11) is 0. The van der Waals surface area contributed by atoms with Crippen LogP contribution in [0.2, 0.25) is 0 Å². The maximum Gasteiger partial charge on any atom is 0.417 e. The van der Waals surface area contributed by atoms with Gasteiger partial charge in [0.25, 0.3) is 0 Å². The summed E-state index contributed by atoms with van der Waals surface area (Å²) in [6, 6.07) is 3.29. The summed E-state index contributed by atoms with van der Waals surface area (Å²) in [4.78, 5) is 0. The SMILES string of the molecule is CC/C(=C/c1ccc(F)cc1C(F)(F)F)CNC1CC1. The molecular weight excluding hydrogens is 270 g/mol. The Morgan fingerprint density at radius 2 is 2.05 bits per heavy atom. The van der Waals surface area contributed by atoms with Crippen LogP contribution in [0.5, 0.6) is 0 Å². The standard InChI is InChI=1S/C15H17F4N/c1-2-10(9-20-13-5-6-13)7-11-3-4-12(16)8-14(11)15(17,18)19/h3-4,7-8,13,20H,2,5-6,9H2,1H3/b10-7-. The molecule has 1 aromatic carbocycles. The molecule has 0 amide bonds. The van der Waals surface area contributed by atoms with Crippen molar-refractivity contribution in [3.05, 3.63) is 40.7 Å². The fourth-order valence-electron chi connectivity index (χ4n) is 1.96. The quantitative estimate of drug-likeness (QED) is 0.792. The molecule has 1 aromatic rings. The third-order valence-corrected chi connectivity index (χ3v) is 3.33. The van der Waals surface area contributed by atoms with Gasteiger partial charge < -0.3 is 5.32 Å². The van der Waals surface area contributed by atoms with Gasteiger partial charge in [0.15, 0.2) is 0 Å². The molecule has 20 heavy (non-hydrogen) atoms. The lowest BCUT2D eigenvalue weighted by Gasteiger charge is -2.12. The third-order valence-electron chi connectivity index (χ3n) is 3.33. The smallest absolute Gasteiger partial charge is 0.310 e. The van der Waals surface area contributed by atoms with Crippen molar-refractivity contribution in [3.63, 3.8) is 0 Å². The van der Waals surface area contributed by atoms with Gasteiger partial charge in [-0.1, -0.05) is 24.6 Å². The molecule has 1 saturated carbocycles. The molecule has 1 nitrogen and oxygen atoms in total. The highest BCUT2D eigenvalue weighted by molar-refractivity contribution is 5.58. The van der Waals surface area contributed by atoms with E-state index in [9.17, 15) is 17.6 Å². The van der Waals surface area contributed by atoms with Gasteiger partial charge in [0.2, 0.25) is 0 Å². The molecule has 0 radical (unpaired) electrons. The number of hydrogen-bond donors (Lipinski definition) is 1. The zero-order chi connectivity index (χ0) is 14.8. The summed E-state index contributed by atoms with van der Waals surface area (Å²) in [6.07, 6.45) is -0.120. The zero-order valence-electron chi connectivity index (χ0n) is 11.2. The minimum atomic E-state index is -4.54. The van der Waals surface area contributed by atoms with Crippen LogP contribution in [0.4, 0.5) is 17.6 Å². The van der Waals surface area contributed by atoms with Gasteiger partial charge in [0, 0.05) is 12.6 Å². The van der Waals surface area contributed by atoms with Crippen LogP contribution in [-0.4, -0.2) is 12.6 Å². The highest BCUT2D eigenvalue weighted by Crippen LogP contribution is 2.33. The van der Waals surface area contributed by atoms with Crippen molar-refractivity contribution in [3.8, 4) is 0 Å². The number of halogens is 4. The van der Waals surface area contributed by atoms with Crippen LogP contribution >= 0.6 is 0 Å². The summed E-state index contributed by atoms with van der Waals surface area (Å²) < 4.78 is 51.7. The van der Waals surface area contributed by atoms with Crippen LogP contribution in [0.1, 0.15) is 37.3 Å². The number of benzene rings is 1. The fourth-order valence-corrected chi connectivity index (χ4v) is 1.96. The van der Waals surface area contributed by atoms with E-state index in [1.807, 2.05) is 6.92 Å². The van der Waals surface area contributed by atoms with Gasteiger partial charge in [-0.05, 0) is 37.0 Å². The van der Waals surface area contributed by atoms with Crippen molar-refractivity contribution in [2.45, 2.75) is 38.4 Å². The average Bonchev–Trinajstić information content (AvgIpc) is 3.19. The van der Waals surface area contributed by atoms with Gasteiger partial charge in [0.1, 0.15) is 5.82 Å². The Morgan fingerprint density at radius 3 is 2.60 bits per heavy atom. The molecule has 0 aromatic heterocycles. The van der Waals surface area contributed by atoms with E-state index in [4.69, 9.17) is 0 Å². The number of nitrogens with one attached hydrogen (secondary N) is 1. The first kappa shape index (κ1) is 15.0. The number of rotatable bonds is 5. The van der Waals surface area contributed by atoms with Crippen molar-refractivity contribution in [2.75, 3.05) is 6.54 Å². The van der Waals surface area contributed by atoms with E-state index in [0.717, 1.165) is 24.5 Å². The normalized spacial score (nSPS) is 16.6. The minimum absolute atomic E-state index is 0.0216. The Morgan fingerprint density at radius 1 is 1.35 bits per heavy atom. The monoisotopic (exact) mass is 287 g/mol. The average molecular weight is 287 g/mol. The third kappa shape index (κ3) is 4.07. The molecule has 1 N–H and O–H groups in total. The largest absolute Gasteiger partial charge is 0.417 e. The van der Waals surface area contributed by atoms with Gasteiger partial charge in [-0.3, -0.25) is 0 Å².